The standard InChI is InChI=1S/C22H33ClN2O4/c1-2-28-15-18(26)14-24-22(27)20-13-16(23)7-8-21(20)29-19-9-11-25(12-10-19)17-5-3-4-6-17/h7-8,13,17-19,26H,2-6,9-12,14-15H2,1H3,(H,24,27)/t18-/m1/s1. The van der Waals surface area contributed by atoms with Crippen molar-refractivity contribution in [3.05, 3.63) is 28.8 Å². The molecule has 1 saturated carbocycles. The van der Waals surface area contributed by atoms with Crippen LogP contribution in [-0.4, -0.2) is 67.0 Å². The van der Waals surface area contributed by atoms with E-state index in [0.29, 0.717) is 22.9 Å². The van der Waals surface area contributed by atoms with Crippen molar-refractivity contribution in [3.63, 3.8) is 0 Å². The third kappa shape index (κ3) is 6.57. The zero-order valence-corrected chi connectivity index (χ0v) is 18.0. The van der Waals surface area contributed by atoms with E-state index in [1.165, 1.54) is 25.7 Å². The number of benzene rings is 1. The van der Waals surface area contributed by atoms with Crippen molar-refractivity contribution in [2.45, 2.75) is 63.7 Å². The number of carbonyl (C=O) groups excluding carboxylic acids is 1. The number of aliphatic hydroxyl groups is 1. The molecule has 1 saturated heterocycles. The summed E-state index contributed by atoms with van der Waals surface area (Å²) >= 11 is 6.12. The minimum absolute atomic E-state index is 0.101. The molecule has 1 aromatic carbocycles. The summed E-state index contributed by atoms with van der Waals surface area (Å²) in [4.78, 5) is 15.3. The number of carbonyl (C=O) groups is 1. The first-order chi connectivity index (χ1) is 14.1. The van der Waals surface area contributed by atoms with Gasteiger partial charge in [-0.3, -0.25) is 4.79 Å². The van der Waals surface area contributed by atoms with Gasteiger partial charge in [0.2, 0.25) is 0 Å². The normalized spacial score (nSPS) is 20.0. The number of hydrogen-bond acceptors (Lipinski definition) is 5. The molecule has 1 atom stereocenters. The number of amides is 1. The molecule has 0 radical (unpaired) electrons. The van der Waals surface area contributed by atoms with E-state index in [1.807, 2.05) is 6.92 Å². The van der Waals surface area contributed by atoms with E-state index in [-0.39, 0.29) is 25.2 Å². The summed E-state index contributed by atoms with van der Waals surface area (Å²) in [6, 6.07) is 5.87. The molecule has 0 spiro atoms. The number of nitrogens with one attached hydrogen (secondary N) is 1. The average molecular weight is 425 g/mol. The zero-order valence-electron chi connectivity index (χ0n) is 17.2. The molecule has 7 heteroatoms. The van der Waals surface area contributed by atoms with Crippen molar-refractivity contribution in [2.75, 3.05) is 32.8 Å². The lowest BCUT2D eigenvalue weighted by atomic mass is 10.0. The highest BCUT2D eigenvalue weighted by atomic mass is 35.5. The maximum atomic E-state index is 12.7. The van der Waals surface area contributed by atoms with Crippen LogP contribution >= 0.6 is 11.6 Å². The van der Waals surface area contributed by atoms with Crippen molar-refractivity contribution in [1.82, 2.24) is 10.2 Å². The molecule has 0 aromatic heterocycles. The lowest BCUT2D eigenvalue weighted by molar-refractivity contribution is 0.0417. The molecule has 162 valence electrons. The van der Waals surface area contributed by atoms with Crippen molar-refractivity contribution in [1.29, 1.82) is 0 Å². The molecule has 0 unspecified atom stereocenters. The maximum absolute atomic E-state index is 12.7. The van der Waals surface area contributed by atoms with Gasteiger partial charge in [0.1, 0.15) is 11.9 Å². The Labute approximate surface area is 178 Å². The Morgan fingerprint density at radius 3 is 2.69 bits per heavy atom. The molecule has 3 rings (SSSR count). The lowest BCUT2D eigenvalue weighted by Crippen LogP contribution is -2.43. The summed E-state index contributed by atoms with van der Waals surface area (Å²) in [5, 5.41) is 13.1. The van der Waals surface area contributed by atoms with Crippen LogP contribution in [0, 0.1) is 0 Å². The highest BCUT2D eigenvalue weighted by Crippen LogP contribution is 2.29. The van der Waals surface area contributed by atoms with Gasteiger partial charge in [-0.05, 0) is 50.8 Å². The van der Waals surface area contributed by atoms with E-state index in [2.05, 4.69) is 10.2 Å². The molecule has 29 heavy (non-hydrogen) atoms. The Morgan fingerprint density at radius 1 is 1.28 bits per heavy atom. The Bertz CT molecular complexity index is 658. The van der Waals surface area contributed by atoms with E-state index < -0.39 is 6.10 Å². The third-order valence-electron chi connectivity index (χ3n) is 5.81. The topological polar surface area (TPSA) is 71.0 Å². The zero-order chi connectivity index (χ0) is 20.6. The predicted molar refractivity (Wildman–Crippen MR) is 114 cm³/mol. The Hall–Kier alpha value is -1.34. The van der Waals surface area contributed by atoms with Gasteiger partial charge < -0.3 is 24.8 Å². The molecule has 1 aromatic rings. The molecule has 2 N–H and O–H groups in total. The molecular weight excluding hydrogens is 392 g/mol. The van der Waals surface area contributed by atoms with Gasteiger partial charge in [-0.1, -0.05) is 24.4 Å². The summed E-state index contributed by atoms with van der Waals surface area (Å²) < 4.78 is 11.4. The summed E-state index contributed by atoms with van der Waals surface area (Å²) in [5.41, 5.74) is 0.402. The van der Waals surface area contributed by atoms with Crippen LogP contribution < -0.4 is 10.1 Å². The van der Waals surface area contributed by atoms with Gasteiger partial charge in [-0.15, -0.1) is 0 Å². The number of piperidine rings is 1. The van der Waals surface area contributed by atoms with Gasteiger partial charge in [0.15, 0.2) is 0 Å². The molecule has 1 aliphatic heterocycles. The van der Waals surface area contributed by atoms with Crippen LogP contribution in [0.3, 0.4) is 0 Å². The van der Waals surface area contributed by atoms with Crippen LogP contribution in [0.25, 0.3) is 0 Å². The molecule has 2 fully saturated rings. The summed E-state index contributed by atoms with van der Waals surface area (Å²) in [7, 11) is 0. The fraction of sp³-hybridized carbons (Fsp3) is 0.682. The number of likely N-dealkylation sites (tertiary alicyclic amines) is 1. The van der Waals surface area contributed by atoms with E-state index in [4.69, 9.17) is 21.1 Å². The number of hydrogen-bond donors (Lipinski definition) is 2. The quantitative estimate of drug-likeness (QED) is 0.636. The number of rotatable bonds is 9. The molecule has 1 aliphatic carbocycles. The second-order valence-electron chi connectivity index (χ2n) is 7.96. The smallest absolute Gasteiger partial charge is 0.255 e. The van der Waals surface area contributed by atoms with Crippen LogP contribution in [0.5, 0.6) is 5.75 Å². The number of halogens is 1. The monoisotopic (exact) mass is 424 g/mol. The predicted octanol–water partition coefficient (Wildman–Crippen LogP) is 3.25. The van der Waals surface area contributed by atoms with Crippen LogP contribution in [0.15, 0.2) is 18.2 Å². The third-order valence-corrected chi connectivity index (χ3v) is 6.05. The minimum Gasteiger partial charge on any atom is -0.489 e. The first-order valence-corrected chi connectivity index (χ1v) is 11.2. The first kappa shape index (κ1) is 22.3. The van der Waals surface area contributed by atoms with Crippen LogP contribution in [0.4, 0.5) is 0 Å². The SMILES string of the molecule is CCOC[C@H](O)CNC(=O)c1cc(Cl)ccc1OC1CCN(C2CCCC2)CC1. The van der Waals surface area contributed by atoms with Crippen molar-refractivity contribution in [3.8, 4) is 5.75 Å². The summed E-state index contributed by atoms with van der Waals surface area (Å²) in [6.45, 7) is 4.79. The Morgan fingerprint density at radius 2 is 2.00 bits per heavy atom. The summed E-state index contributed by atoms with van der Waals surface area (Å²) in [6.07, 6.45) is 6.63. The maximum Gasteiger partial charge on any atom is 0.255 e. The van der Waals surface area contributed by atoms with E-state index in [9.17, 15) is 9.90 Å². The first-order valence-electron chi connectivity index (χ1n) is 10.8. The number of nitrogens with zero attached hydrogens (tertiary/aromatic N) is 1. The van der Waals surface area contributed by atoms with Crippen molar-refractivity contribution in [2.24, 2.45) is 0 Å². The molecule has 0 bridgehead atoms. The van der Waals surface area contributed by atoms with Crippen molar-refractivity contribution >= 4 is 17.5 Å². The highest BCUT2D eigenvalue weighted by Gasteiger charge is 2.28. The van der Waals surface area contributed by atoms with Crippen LogP contribution in [-0.2, 0) is 4.74 Å². The number of ether oxygens (including phenoxy) is 2. The second-order valence-corrected chi connectivity index (χ2v) is 8.39. The molecule has 6 nitrogen and oxygen atoms in total. The van der Waals surface area contributed by atoms with Gasteiger partial charge >= 0.3 is 0 Å². The molecule has 1 heterocycles. The van der Waals surface area contributed by atoms with Gasteiger partial charge in [-0.25, -0.2) is 0 Å². The molecule has 2 aliphatic rings. The number of aliphatic hydroxyl groups excluding tert-OH is 1. The van der Waals surface area contributed by atoms with Crippen LogP contribution in [0.2, 0.25) is 5.02 Å². The fourth-order valence-electron chi connectivity index (χ4n) is 4.21. The van der Waals surface area contributed by atoms with Crippen molar-refractivity contribution < 1.29 is 19.4 Å². The van der Waals surface area contributed by atoms with E-state index in [0.717, 1.165) is 32.0 Å². The van der Waals surface area contributed by atoms with Crippen LogP contribution in [0.1, 0.15) is 55.8 Å². The molecular formula is C22H33ClN2O4. The minimum atomic E-state index is -0.748. The van der Waals surface area contributed by atoms with Gasteiger partial charge in [0.25, 0.3) is 5.91 Å². The second kappa shape index (κ2) is 11.2. The lowest BCUT2D eigenvalue weighted by Gasteiger charge is -2.36. The Kier molecular flexibility index (Phi) is 8.60. The molecule has 1 amide bonds. The van der Waals surface area contributed by atoms with E-state index >= 15 is 0 Å². The van der Waals surface area contributed by atoms with Gasteiger partial charge in [0, 0.05) is 37.3 Å². The highest BCUT2D eigenvalue weighted by molar-refractivity contribution is 6.31. The largest absolute Gasteiger partial charge is 0.489 e. The average Bonchev–Trinajstić information content (AvgIpc) is 3.27. The summed E-state index contributed by atoms with van der Waals surface area (Å²) in [5.74, 6) is 0.243. The Balaban J connectivity index is 1.55. The fourth-order valence-corrected chi connectivity index (χ4v) is 4.38. The van der Waals surface area contributed by atoms with E-state index in [1.54, 1.807) is 18.2 Å². The van der Waals surface area contributed by atoms with Gasteiger partial charge in [-0.2, -0.15) is 0 Å². The van der Waals surface area contributed by atoms with Gasteiger partial charge in [0.05, 0.1) is 18.3 Å².